The smallest absolute Gasteiger partial charge is 0.275 e. The molecule has 0 unspecified atom stereocenters. The maximum Gasteiger partial charge on any atom is 0.275 e. The first-order chi connectivity index (χ1) is 36.4. The van der Waals surface area contributed by atoms with Crippen LogP contribution >= 0.6 is 34.0 Å². The Morgan fingerprint density at radius 2 is 1.26 bits per heavy atom. The highest BCUT2D eigenvalue weighted by molar-refractivity contribution is 7.13. The number of amides is 9. The summed E-state index contributed by atoms with van der Waals surface area (Å²) >= 11 is 3.20. The van der Waals surface area contributed by atoms with Crippen molar-refractivity contribution in [2.45, 2.75) is 66.2 Å². The molecular weight excluding hydrogens is 1060 g/mol. The summed E-state index contributed by atoms with van der Waals surface area (Å²) < 4.78 is 11.6. The molecule has 10 N–H and O–H groups in total. The summed E-state index contributed by atoms with van der Waals surface area (Å²) in [7, 11) is 0. The van der Waals surface area contributed by atoms with Gasteiger partial charge >= 0.3 is 0 Å². The molecule has 1 aliphatic heterocycles. The van der Waals surface area contributed by atoms with Crippen molar-refractivity contribution >= 4 is 92.9 Å². The van der Waals surface area contributed by atoms with Crippen LogP contribution in [0.15, 0.2) is 80.5 Å². The lowest BCUT2D eigenvalue weighted by Gasteiger charge is -2.20. The van der Waals surface area contributed by atoms with E-state index in [0.717, 1.165) is 34.0 Å². The molecule has 7 rings (SSSR count). The van der Waals surface area contributed by atoms with Gasteiger partial charge in [0.15, 0.2) is 5.69 Å². The maximum absolute atomic E-state index is 13.8. The lowest BCUT2D eigenvalue weighted by molar-refractivity contribution is -0.124. The van der Waals surface area contributed by atoms with Gasteiger partial charge in [0.05, 0.1) is 41.4 Å². The highest BCUT2D eigenvalue weighted by Gasteiger charge is 2.30. The van der Waals surface area contributed by atoms with Crippen LogP contribution in [0.1, 0.15) is 126 Å². The van der Waals surface area contributed by atoms with E-state index in [9.17, 15) is 43.2 Å². The predicted octanol–water partition coefficient (Wildman–Crippen LogP) is 3.13. The molecule has 0 spiro atoms. The van der Waals surface area contributed by atoms with Crippen molar-refractivity contribution in [3.8, 4) is 22.0 Å². The number of nitrogens with zero attached hydrogens (tertiary/aromatic N) is 6. The Balaban J connectivity index is 1.20. The highest BCUT2D eigenvalue weighted by Crippen LogP contribution is 2.35. The molecular formula is C48H47N15O11S3. The third-order valence-corrected chi connectivity index (χ3v) is 13.9. The Bertz CT molecular complexity index is 3490. The molecule has 6 aromatic heterocycles. The molecule has 0 aromatic carbocycles. The summed E-state index contributed by atoms with van der Waals surface area (Å²) in [4.78, 5) is 145. The summed E-state index contributed by atoms with van der Waals surface area (Å²) in [5, 5.41) is 25.5. The van der Waals surface area contributed by atoms with Crippen molar-refractivity contribution in [2.75, 3.05) is 0 Å². The summed E-state index contributed by atoms with van der Waals surface area (Å²) in [6, 6.07) is 0.234. The number of carbonyl (C=O) groups excluding carboxylic acids is 9. The van der Waals surface area contributed by atoms with Crippen LogP contribution in [0.5, 0.6) is 0 Å². The second-order valence-corrected chi connectivity index (χ2v) is 19.7. The van der Waals surface area contributed by atoms with Crippen LogP contribution in [0.3, 0.4) is 0 Å². The number of aryl methyl sites for hydroxylation is 2. The number of hydrogen-bond acceptors (Lipinski definition) is 20. The van der Waals surface area contributed by atoms with Gasteiger partial charge in [-0.2, -0.15) is 0 Å². The van der Waals surface area contributed by atoms with Crippen molar-refractivity contribution in [1.29, 1.82) is 0 Å². The van der Waals surface area contributed by atoms with Crippen molar-refractivity contribution in [2.24, 2.45) is 11.7 Å². The highest BCUT2D eigenvalue weighted by atomic mass is 32.1. The number of rotatable bonds is 6. The molecule has 3 atom stereocenters. The molecule has 6 aromatic rings. The number of primary amides is 1. The van der Waals surface area contributed by atoms with Gasteiger partial charge in [-0.15, -0.1) is 34.0 Å². The van der Waals surface area contributed by atoms with Gasteiger partial charge in [-0.3, -0.25) is 43.2 Å². The van der Waals surface area contributed by atoms with E-state index in [-0.39, 0.29) is 86.0 Å². The molecule has 398 valence electrons. The molecule has 0 aliphatic carbocycles. The van der Waals surface area contributed by atoms with Gasteiger partial charge in [0, 0.05) is 21.7 Å². The van der Waals surface area contributed by atoms with Crippen LogP contribution in [-0.4, -0.2) is 89.1 Å². The van der Waals surface area contributed by atoms with Gasteiger partial charge in [-0.05, 0) is 45.7 Å². The summed E-state index contributed by atoms with van der Waals surface area (Å²) in [5.74, 6) is -7.66. The van der Waals surface area contributed by atoms with Crippen LogP contribution in [0.2, 0.25) is 0 Å². The number of thiazole rings is 3. The molecule has 0 saturated carbocycles. The van der Waals surface area contributed by atoms with E-state index < -0.39 is 94.3 Å². The number of oxazole rings is 2. The van der Waals surface area contributed by atoms with Gasteiger partial charge in [0.25, 0.3) is 47.3 Å². The number of nitrogens with one attached hydrogen (secondary N) is 8. The van der Waals surface area contributed by atoms with Crippen LogP contribution in [0, 0.1) is 19.8 Å². The van der Waals surface area contributed by atoms with Gasteiger partial charge in [0.1, 0.15) is 66.7 Å². The van der Waals surface area contributed by atoms with Crippen LogP contribution in [-0.2, 0) is 25.7 Å². The van der Waals surface area contributed by atoms with Gasteiger partial charge < -0.3 is 57.1 Å². The van der Waals surface area contributed by atoms with Gasteiger partial charge in [0.2, 0.25) is 17.7 Å². The van der Waals surface area contributed by atoms with Crippen LogP contribution < -0.4 is 48.3 Å². The van der Waals surface area contributed by atoms with E-state index in [1.807, 2.05) is 0 Å². The van der Waals surface area contributed by atoms with Crippen LogP contribution in [0.25, 0.3) is 27.7 Å². The molecule has 0 saturated heterocycles. The topological polar surface area (TPSA) is 380 Å². The SMILES string of the molecule is C=C(NC(=O)C(=C)NC(=O)c1ccc2c(n1)-c1nc(oc1C)C(=C)NC(=O)C(=C)NC(=O)c1csc(n1)[C@@H](C)NC(=O)c1csc(n1)[C@H](C)NC(=O)c1nc(oc1C)CNC(=O)[C@H](C(C)C)NC(=O)c1csc-2n1)C(N)=O. The monoisotopic (exact) mass is 1110 g/mol. The van der Waals surface area contributed by atoms with Gasteiger partial charge in [-0.1, -0.05) is 40.2 Å². The number of carbonyl (C=O) groups is 9. The van der Waals surface area contributed by atoms with E-state index in [1.165, 1.54) is 42.1 Å². The minimum atomic E-state index is -1.10. The molecule has 77 heavy (non-hydrogen) atoms. The third kappa shape index (κ3) is 12.8. The summed E-state index contributed by atoms with van der Waals surface area (Å²) in [5.41, 5.74) is 3.23. The molecule has 7 heterocycles. The molecule has 0 fully saturated rings. The number of aromatic nitrogens is 6. The average Bonchev–Trinajstić information content (AvgIpc) is 4.25. The fourth-order valence-corrected chi connectivity index (χ4v) is 9.28. The Kier molecular flexibility index (Phi) is 16.6. The quantitative estimate of drug-likeness (QED) is 0.108. The van der Waals surface area contributed by atoms with Crippen LogP contribution in [0.4, 0.5) is 0 Å². The molecule has 10 bridgehead atoms. The van der Waals surface area contributed by atoms with E-state index >= 15 is 0 Å². The van der Waals surface area contributed by atoms with E-state index in [1.54, 1.807) is 27.7 Å². The standard InChI is InChI=1S/C48H47N15O11S3/c1-17(2)32-43(71)50-13-31-61-34(25(10)73-31)44(72)56-23(8)47-59-29(15-76-47)41(69)55-22(7)46-58-28(14-75-46)40(68)53-20(5)38(66)54-21(6)45-63-33(24(9)74-45)35-26(48-60-30(16-77-48)42(70)62-32)11-12-27(57-35)39(67)52-19(4)37(65)51-18(3)36(49)64/h11-12,14-17,22-23,32H,3-6,13H2,1-2,7-10H3,(H2,49,64)(H,50,71)(H,51,65)(H,52,67)(H,53,68)(H,54,66)(H,55,69)(H,56,72)(H,62,70)/t22-,23+,32+/m1/s1. The first-order valence-electron chi connectivity index (χ1n) is 22.7. The van der Waals surface area contributed by atoms with Crippen molar-refractivity contribution in [1.82, 2.24) is 72.4 Å². The predicted molar refractivity (Wildman–Crippen MR) is 278 cm³/mol. The van der Waals surface area contributed by atoms with Crippen molar-refractivity contribution < 1.29 is 52.0 Å². The Morgan fingerprint density at radius 1 is 0.675 bits per heavy atom. The van der Waals surface area contributed by atoms with E-state index in [4.69, 9.17) is 14.6 Å². The normalized spacial score (nSPS) is 17.0. The zero-order valence-electron chi connectivity index (χ0n) is 41.7. The zero-order chi connectivity index (χ0) is 56.2. The first kappa shape index (κ1) is 55.4. The Hall–Kier alpha value is -9.35. The summed E-state index contributed by atoms with van der Waals surface area (Å²) in [6.45, 7) is 23.9. The zero-order valence-corrected chi connectivity index (χ0v) is 44.2. The maximum atomic E-state index is 13.8. The van der Waals surface area contributed by atoms with E-state index in [2.05, 4.69) is 98.8 Å². The number of hydrogen-bond donors (Lipinski definition) is 9. The number of pyridine rings is 1. The number of fused-ring (bicyclic) bond motifs is 13. The molecule has 26 nitrogen and oxygen atoms in total. The fourth-order valence-electron chi connectivity index (χ4n) is 6.84. The molecule has 9 amide bonds. The fraction of sp³-hybridized carbons (Fsp3) is 0.229. The lowest BCUT2D eigenvalue weighted by atomic mass is 10.0. The van der Waals surface area contributed by atoms with Gasteiger partial charge in [-0.25, -0.2) is 29.9 Å². The largest absolute Gasteiger partial charge is 0.443 e. The van der Waals surface area contributed by atoms with E-state index in [0.29, 0.717) is 10.0 Å². The second-order valence-electron chi connectivity index (χ2n) is 17.1. The molecule has 0 radical (unpaired) electrons. The van der Waals surface area contributed by atoms with Crippen molar-refractivity contribution in [3.63, 3.8) is 0 Å². The Labute approximate surface area is 448 Å². The molecule has 1 aliphatic rings. The second kappa shape index (κ2) is 23.0. The minimum Gasteiger partial charge on any atom is -0.443 e. The molecule has 29 heteroatoms. The average molecular weight is 1110 g/mol. The minimum absolute atomic E-state index is 0.00141. The Morgan fingerprint density at radius 3 is 1.91 bits per heavy atom. The third-order valence-electron chi connectivity index (χ3n) is 10.9. The van der Waals surface area contributed by atoms with Crippen molar-refractivity contribution in [3.05, 3.63) is 133 Å². The summed E-state index contributed by atoms with van der Waals surface area (Å²) in [6.07, 6.45) is 0. The lowest BCUT2D eigenvalue weighted by Crippen LogP contribution is -2.49. The number of nitrogens with two attached hydrogens (primary N) is 1. The first-order valence-corrected chi connectivity index (χ1v) is 25.4.